The SMILES string of the molecule is O=C(NCP(=O)(Oc1ccccc1)Oc1ccccc1)C(F)(F)C(F)(F)F. The summed E-state index contributed by atoms with van der Waals surface area (Å²) >= 11 is 0. The van der Waals surface area contributed by atoms with Gasteiger partial charge in [0.2, 0.25) is 0 Å². The average molecular weight is 409 g/mol. The van der Waals surface area contributed by atoms with Gasteiger partial charge in [-0.2, -0.15) is 22.0 Å². The molecule has 11 heteroatoms. The molecule has 0 saturated heterocycles. The molecule has 1 amide bonds. The molecule has 0 unspecified atom stereocenters. The van der Waals surface area contributed by atoms with Crippen LogP contribution in [0.3, 0.4) is 0 Å². The van der Waals surface area contributed by atoms with Crippen LogP contribution >= 0.6 is 7.60 Å². The summed E-state index contributed by atoms with van der Waals surface area (Å²) in [6.07, 6.45) is -7.30. The van der Waals surface area contributed by atoms with E-state index in [9.17, 15) is 31.3 Å². The number of carbonyl (C=O) groups is 1. The molecule has 1 N–H and O–H groups in total. The Morgan fingerprint density at radius 1 is 0.852 bits per heavy atom. The number of para-hydroxylation sites is 2. The van der Waals surface area contributed by atoms with Gasteiger partial charge in [-0.15, -0.1) is 0 Å². The predicted molar refractivity (Wildman–Crippen MR) is 85.8 cm³/mol. The first kappa shape index (κ1) is 20.7. The quantitative estimate of drug-likeness (QED) is 0.536. The molecular weight excluding hydrogens is 396 g/mol. The van der Waals surface area contributed by atoms with Crippen molar-refractivity contribution in [2.75, 3.05) is 6.29 Å². The zero-order chi connectivity index (χ0) is 20.1. The number of alkyl halides is 5. The van der Waals surface area contributed by atoms with Crippen molar-refractivity contribution in [2.45, 2.75) is 12.1 Å². The molecule has 0 bridgehead atoms. The van der Waals surface area contributed by atoms with Gasteiger partial charge in [-0.05, 0) is 24.3 Å². The zero-order valence-corrected chi connectivity index (χ0v) is 14.3. The highest BCUT2D eigenvalue weighted by atomic mass is 31.2. The summed E-state index contributed by atoms with van der Waals surface area (Å²) in [7, 11) is -4.37. The Morgan fingerprint density at radius 2 is 1.26 bits per heavy atom. The van der Waals surface area contributed by atoms with E-state index in [1.165, 1.54) is 53.8 Å². The molecule has 146 valence electrons. The maximum Gasteiger partial charge on any atom is 0.463 e. The lowest BCUT2D eigenvalue weighted by molar-refractivity contribution is -0.269. The maximum atomic E-state index is 13.0. The summed E-state index contributed by atoms with van der Waals surface area (Å²) in [5, 5.41) is 1.29. The minimum absolute atomic E-state index is 0.00796. The predicted octanol–water partition coefficient (Wildman–Crippen LogP) is 4.61. The highest BCUT2D eigenvalue weighted by Crippen LogP contribution is 2.47. The van der Waals surface area contributed by atoms with Crippen molar-refractivity contribution < 1.29 is 40.4 Å². The topological polar surface area (TPSA) is 64.6 Å². The molecule has 0 aromatic heterocycles. The van der Waals surface area contributed by atoms with E-state index in [0.29, 0.717) is 0 Å². The molecule has 2 aromatic rings. The molecule has 0 atom stereocenters. The highest BCUT2D eigenvalue weighted by Gasteiger charge is 2.63. The van der Waals surface area contributed by atoms with Crippen molar-refractivity contribution in [3.05, 3.63) is 60.7 Å². The van der Waals surface area contributed by atoms with Gasteiger partial charge in [-0.3, -0.25) is 4.79 Å². The summed E-state index contributed by atoms with van der Waals surface area (Å²) in [4.78, 5) is 11.2. The molecule has 2 aromatic carbocycles. The number of rotatable bonds is 7. The van der Waals surface area contributed by atoms with Crippen molar-refractivity contribution in [3.8, 4) is 11.5 Å². The Labute approximate surface area is 150 Å². The van der Waals surface area contributed by atoms with Gasteiger partial charge in [0.05, 0.1) is 0 Å². The van der Waals surface area contributed by atoms with Gasteiger partial charge in [0.25, 0.3) is 0 Å². The number of halogens is 5. The van der Waals surface area contributed by atoms with E-state index in [-0.39, 0.29) is 11.5 Å². The summed E-state index contributed by atoms with van der Waals surface area (Å²) in [5.74, 6) is -8.30. The first-order valence-corrected chi connectivity index (χ1v) is 9.07. The molecule has 5 nitrogen and oxygen atoms in total. The number of benzene rings is 2. The lowest BCUT2D eigenvalue weighted by Gasteiger charge is -2.22. The monoisotopic (exact) mass is 409 g/mol. The van der Waals surface area contributed by atoms with Crippen molar-refractivity contribution in [2.24, 2.45) is 0 Å². The lowest BCUT2D eigenvalue weighted by Crippen LogP contribution is -2.50. The standard InChI is InChI=1S/C16H13F5NO4P/c17-15(18,16(19,20)21)14(23)22-11-27(24,25-12-7-3-1-4-8-12)26-13-9-5-2-6-10-13/h1-10H,11H2,(H,22,23). The molecule has 27 heavy (non-hydrogen) atoms. The number of hydrogen-bond acceptors (Lipinski definition) is 4. The molecule has 0 aliphatic heterocycles. The summed E-state index contributed by atoms with van der Waals surface area (Å²) in [6, 6.07) is 14.7. The molecule has 0 aliphatic carbocycles. The molecule has 0 saturated carbocycles. The second-order valence-electron chi connectivity index (χ2n) is 5.16. The molecule has 0 fully saturated rings. The third-order valence-corrected chi connectivity index (χ3v) is 4.57. The van der Waals surface area contributed by atoms with E-state index in [1.54, 1.807) is 12.1 Å². The van der Waals surface area contributed by atoms with Crippen LogP contribution in [0.15, 0.2) is 60.7 Å². The summed E-state index contributed by atoms with van der Waals surface area (Å²) in [5.41, 5.74) is 0. The fourth-order valence-corrected chi connectivity index (χ4v) is 3.16. The van der Waals surface area contributed by atoms with Gasteiger partial charge in [0.15, 0.2) is 0 Å². The Hall–Kier alpha value is -2.61. The number of nitrogens with one attached hydrogen (secondary N) is 1. The number of amides is 1. The third kappa shape index (κ3) is 5.43. The van der Waals surface area contributed by atoms with Crippen molar-refractivity contribution >= 4 is 13.5 Å². The van der Waals surface area contributed by atoms with Crippen molar-refractivity contribution in [1.82, 2.24) is 5.32 Å². The van der Waals surface area contributed by atoms with Crippen LogP contribution in [0.2, 0.25) is 0 Å². The van der Waals surface area contributed by atoms with Crippen LogP contribution < -0.4 is 14.4 Å². The van der Waals surface area contributed by atoms with Gasteiger partial charge in [0, 0.05) is 0 Å². The van der Waals surface area contributed by atoms with Crippen LogP contribution in [0.1, 0.15) is 0 Å². The minimum atomic E-state index is -6.10. The van der Waals surface area contributed by atoms with Crippen LogP contribution in [0, 0.1) is 0 Å². The van der Waals surface area contributed by atoms with E-state index in [0.717, 1.165) is 0 Å². The minimum Gasteiger partial charge on any atom is -0.415 e. The number of carbonyl (C=O) groups excluding carboxylic acids is 1. The Bertz CT molecular complexity index is 769. The second-order valence-corrected chi connectivity index (χ2v) is 7.06. The highest BCUT2D eigenvalue weighted by molar-refractivity contribution is 7.54. The van der Waals surface area contributed by atoms with Crippen molar-refractivity contribution in [3.63, 3.8) is 0 Å². The van der Waals surface area contributed by atoms with Crippen molar-refractivity contribution in [1.29, 1.82) is 0 Å². The normalized spacial score (nSPS) is 12.3. The fourth-order valence-electron chi connectivity index (χ4n) is 1.78. The lowest BCUT2D eigenvalue weighted by atomic mass is 10.3. The summed E-state index contributed by atoms with van der Waals surface area (Å²) in [6.45, 7) is 0. The van der Waals surface area contributed by atoms with Crippen LogP contribution in [0.25, 0.3) is 0 Å². The van der Waals surface area contributed by atoms with E-state index in [1.807, 2.05) is 0 Å². The first-order chi connectivity index (χ1) is 12.5. The Balaban J connectivity index is 2.19. The fraction of sp³-hybridized carbons (Fsp3) is 0.188. The summed E-state index contributed by atoms with van der Waals surface area (Å²) < 4.78 is 86.0. The molecule has 2 rings (SSSR count). The van der Waals surface area contributed by atoms with Gasteiger partial charge < -0.3 is 14.4 Å². The van der Waals surface area contributed by atoms with Gasteiger partial charge >= 0.3 is 25.6 Å². The van der Waals surface area contributed by atoms with Crippen LogP contribution in [-0.4, -0.2) is 24.3 Å². The van der Waals surface area contributed by atoms with E-state index in [4.69, 9.17) is 9.05 Å². The first-order valence-electron chi connectivity index (χ1n) is 7.35. The molecule has 0 aliphatic rings. The van der Waals surface area contributed by atoms with Crippen LogP contribution in [-0.2, 0) is 9.36 Å². The maximum absolute atomic E-state index is 13.0. The number of hydrogen-bond donors (Lipinski definition) is 1. The molecular formula is C16H13F5NO4P. The third-order valence-electron chi connectivity index (χ3n) is 3.05. The second kappa shape index (κ2) is 7.96. The van der Waals surface area contributed by atoms with Gasteiger partial charge in [-0.1, -0.05) is 36.4 Å². The van der Waals surface area contributed by atoms with E-state index in [2.05, 4.69) is 0 Å². The van der Waals surface area contributed by atoms with Crippen LogP contribution in [0.4, 0.5) is 22.0 Å². The Kier molecular flexibility index (Phi) is 6.10. The van der Waals surface area contributed by atoms with Gasteiger partial charge in [-0.25, -0.2) is 4.57 Å². The van der Waals surface area contributed by atoms with E-state index >= 15 is 0 Å². The molecule has 0 spiro atoms. The Morgan fingerprint density at radius 3 is 1.63 bits per heavy atom. The van der Waals surface area contributed by atoms with Gasteiger partial charge in [0.1, 0.15) is 17.8 Å². The average Bonchev–Trinajstić information content (AvgIpc) is 2.60. The zero-order valence-electron chi connectivity index (χ0n) is 13.5. The van der Waals surface area contributed by atoms with Crippen LogP contribution in [0.5, 0.6) is 11.5 Å². The largest absolute Gasteiger partial charge is 0.463 e. The van der Waals surface area contributed by atoms with E-state index < -0.39 is 31.9 Å². The molecule has 0 radical (unpaired) electrons. The molecule has 0 heterocycles. The smallest absolute Gasteiger partial charge is 0.415 e.